The van der Waals surface area contributed by atoms with E-state index in [1.165, 1.54) is 0 Å². The summed E-state index contributed by atoms with van der Waals surface area (Å²) in [6.45, 7) is 2.27. The Balaban J connectivity index is 1.99. The smallest absolute Gasteiger partial charge is 0.329 e. The molecule has 1 amide bonds. The van der Waals surface area contributed by atoms with Crippen molar-refractivity contribution in [3.05, 3.63) is 0 Å². The molecule has 102 valence electrons. The maximum absolute atomic E-state index is 12.0. The van der Waals surface area contributed by atoms with Gasteiger partial charge in [0.15, 0.2) is 0 Å². The van der Waals surface area contributed by atoms with Gasteiger partial charge in [0.25, 0.3) is 5.91 Å². The first-order valence-corrected chi connectivity index (χ1v) is 6.09. The van der Waals surface area contributed by atoms with E-state index in [1.54, 1.807) is 0 Å². The van der Waals surface area contributed by atoms with Crippen LogP contribution in [0.2, 0.25) is 0 Å². The van der Waals surface area contributed by atoms with Gasteiger partial charge in [-0.15, -0.1) is 0 Å². The number of carbonyl (C=O) groups excluding carboxylic acids is 1. The van der Waals surface area contributed by atoms with Crippen LogP contribution in [0.25, 0.3) is 0 Å². The highest BCUT2D eigenvalue weighted by Gasteiger charge is 2.43. The fourth-order valence-corrected chi connectivity index (χ4v) is 2.16. The molecule has 1 atom stereocenters. The monoisotopic (exact) mass is 258 g/mol. The molecule has 7 nitrogen and oxygen atoms in total. The summed E-state index contributed by atoms with van der Waals surface area (Å²) >= 11 is 0. The lowest BCUT2D eigenvalue weighted by molar-refractivity contribution is -0.154. The summed E-state index contributed by atoms with van der Waals surface area (Å²) in [7, 11) is 0. The number of hydrogen-bond acceptors (Lipinski definition) is 5. The molecule has 2 aliphatic rings. The largest absolute Gasteiger partial charge is 0.480 e. The number of carboxylic acids is 1. The number of morpholine rings is 1. The average Bonchev–Trinajstić information content (AvgIpc) is 2.40. The molecular formula is C11H18N2O5. The third-order valence-electron chi connectivity index (χ3n) is 3.34. The van der Waals surface area contributed by atoms with Crippen molar-refractivity contribution in [2.24, 2.45) is 0 Å². The molecule has 18 heavy (non-hydrogen) atoms. The number of carboxylic acid groups (broad SMARTS) is 1. The van der Waals surface area contributed by atoms with Gasteiger partial charge in [-0.1, -0.05) is 0 Å². The molecule has 0 aromatic heterocycles. The zero-order valence-electron chi connectivity index (χ0n) is 10.1. The summed E-state index contributed by atoms with van der Waals surface area (Å²) in [5, 5.41) is 15.0. The molecule has 0 spiro atoms. The first-order valence-electron chi connectivity index (χ1n) is 6.09. The molecular weight excluding hydrogens is 240 g/mol. The maximum atomic E-state index is 12.0. The SMILES string of the molecule is O=C(NC1(C(=O)O)CCOCC1)C1CNCCO1. The van der Waals surface area contributed by atoms with Crippen molar-refractivity contribution >= 4 is 11.9 Å². The van der Waals surface area contributed by atoms with Crippen molar-refractivity contribution in [2.75, 3.05) is 32.9 Å². The molecule has 1 unspecified atom stereocenters. The van der Waals surface area contributed by atoms with E-state index in [1.807, 2.05) is 0 Å². The Morgan fingerprint density at radius 2 is 2.00 bits per heavy atom. The maximum Gasteiger partial charge on any atom is 0.329 e. The third-order valence-corrected chi connectivity index (χ3v) is 3.34. The molecule has 7 heteroatoms. The first-order chi connectivity index (χ1) is 8.64. The van der Waals surface area contributed by atoms with Gasteiger partial charge in [0.05, 0.1) is 6.61 Å². The molecule has 0 aromatic rings. The van der Waals surface area contributed by atoms with Gasteiger partial charge in [-0.3, -0.25) is 4.79 Å². The van der Waals surface area contributed by atoms with Crippen LogP contribution in [-0.4, -0.2) is 61.5 Å². The van der Waals surface area contributed by atoms with E-state index in [9.17, 15) is 14.7 Å². The Kier molecular flexibility index (Phi) is 4.15. The molecule has 3 N–H and O–H groups in total. The standard InChI is InChI=1S/C11H18N2O5/c14-9(8-7-12-3-6-18-8)13-11(10(15)16)1-4-17-5-2-11/h8,12H,1-7H2,(H,13,14)(H,15,16). The summed E-state index contributed by atoms with van der Waals surface area (Å²) in [4.78, 5) is 23.4. The lowest BCUT2D eigenvalue weighted by Gasteiger charge is -2.35. The Morgan fingerprint density at radius 3 is 2.56 bits per heavy atom. The molecule has 2 saturated heterocycles. The van der Waals surface area contributed by atoms with Crippen LogP contribution in [-0.2, 0) is 19.1 Å². The molecule has 0 aliphatic carbocycles. The molecule has 0 saturated carbocycles. The molecule has 2 fully saturated rings. The predicted molar refractivity (Wildman–Crippen MR) is 61.2 cm³/mol. The summed E-state index contributed by atoms with van der Waals surface area (Å²) in [6, 6.07) is 0. The van der Waals surface area contributed by atoms with E-state index in [4.69, 9.17) is 9.47 Å². The minimum Gasteiger partial charge on any atom is -0.480 e. The van der Waals surface area contributed by atoms with Gasteiger partial charge in [-0.05, 0) is 0 Å². The van der Waals surface area contributed by atoms with Crippen LogP contribution in [0, 0.1) is 0 Å². The number of rotatable bonds is 3. The number of amides is 1. The van der Waals surface area contributed by atoms with Crippen molar-refractivity contribution in [1.82, 2.24) is 10.6 Å². The van der Waals surface area contributed by atoms with Crippen molar-refractivity contribution in [3.63, 3.8) is 0 Å². The van der Waals surface area contributed by atoms with Crippen molar-refractivity contribution in [2.45, 2.75) is 24.5 Å². The van der Waals surface area contributed by atoms with Gasteiger partial charge < -0.3 is 25.2 Å². The number of aliphatic carboxylic acids is 1. The highest BCUT2D eigenvalue weighted by Crippen LogP contribution is 2.21. The average molecular weight is 258 g/mol. The minimum atomic E-state index is -1.21. The third kappa shape index (κ3) is 2.80. The molecule has 0 bridgehead atoms. The Bertz CT molecular complexity index is 321. The van der Waals surface area contributed by atoms with Gasteiger partial charge in [0.1, 0.15) is 11.6 Å². The second-order valence-electron chi connectivity index (χ2n) is 4.55. The molecule has 2 aliphatic heterocycles. The Labute approximate surface area is 105 Å². The number of hydrogen-bond donors (Lipinski definition) is 3. The van der Waals surface area contributed by atoms with Crippen molar-refractivity contribution in [3.8, 4) is 0 Å². The normalized spacial score (nSPS) is 27.4. The van der Waals surface area contributed by atoms with Crippen LogP contribution in [0.3, 0.4) is 0 Å². The van der Waals surface area contributed by atoms with Crippen LogP contribution in [0.15, 0.2) is 0 Å². The molecule has 0 aromatic carbocycles. The number of carbonyl (C=O) groups is 2. The lowest BCUT2D eigenvalue weighted by Crippen LogP contribution is -2.61. The number of nitrogens with one attached hydrogen (secondary N) is 2. The second kappa shape index (κ2) is 5.64. The summed E-state index contributed by atoms with van der Waals surface area (Å²) in [6.07, 6.45) is -0.0413. The van der Waals surface area contributed by atoms with Gasteiger partial charge in [0, 0.05) is 39.1 Å². The van der Waals surface area contributed by atoms with Crippen molar-refractivity contribution in [1.29, 1.82) is 0 Å². The Hall–Kier alpha value is -1.18. The fourth-order valence-electron chi connectivity index (χ4n) is 2.16. The van der Waals surface area contributed by atoms with E-state index in [2.05, 4.69) is 10.6 Å². The van der Waals surface area contributed by atoms with Crippen LogP contribution in [0.4, 0.5) is 0 Å². The number of ether oxygens (including phenoxy) is 2. The van der Waals surface area contributed by atoms with E-state index < -0.39 is 17.6 Å². The van der Waals surface area contributed by atoms with E-state index in [0.29, 0.717) is 32.9 Å². The van der Waals surface area contributed by atoms with Gasteiger partial charge >= 0.3 is 5.97 Å². The highest BCUT2D eigenvalue weighted by molar-refractivity contribution is 5.89. The predicted octanol–water partition coefficient (Wildman–Crippen LogP) is -1.28. The topological polar surface area (TPSA) is 96.9 Å². The second-order valence-corrected chi connectivity index (χ2v) is 4.55. The van der Waals surface area contributed by atoms with Crippen LogP contribution >= 0.6 is 0 Å². The van der Waals surface area contributed by atoms with E-state index >= 15 is 0 Å². The quantitative estimate of drug-likeness (QED) is 0.584. The van der Waals surface area contributed by atoms with E-state index in [-0.39, 0.29) is 18.7 Å². The van der Waals surface area contributed by atoms with Crippen LogP contribution in [0.5, 0.6) is 0 Å². The van der Waals surface area contributed by atoms with Crippen LogP contribution < -0.4 is 10.6 Å². The van der Waals surface area contributed by atoms with Gasteiger partial charge in [-0.25, -0.2) is 4.79 Å². The summed E-state index contributed by atoms with van der Waals surface area (Å²) < 4.78 is 10.5. The van der Waals surface area contributed by atoms with Gasteiger partial charge in [-0.2, -0.15) is 0 Å². The fraction of sp³-hybridized carbons (Fsp3) is 0.818. The molecule has 2 heterocycles. The zero-order chi connectivity index (χ0) is 13.0. The van der Waals surface area contributed by atoms with Crippen molar-refractivity contribution < 1.29 is 24.2 Å². The summed E-state index contributed by atoms with van der Waals surface area (Å²) in [5.41, 5.74) is -1.21. The summed E-state index contributed by atoms with van der Waals surface area (Å²) in [5.74, 6) is -1.38. The van der Waals surface area contributed by atoms with Crippen LogP contribution in [0.1, 0.15) is 12.8 Å². The molecule has 2 rings (SSSR count). The lowest BCUT2D eigenvalue weighted by atomic mass is 9.90. The van der Waals surface area contributed by atoms with Gasteiger partial charge in [0.2, 0.25) is 0 Å². The first kappa shape index (κ1) is 13.3. The Morgan fingerprint density at radius 1 is 1.28 bits per heavy atom. The molecule has 0 radical (unpaired) electrons. The van der Waals surface area contributed by atoms with E-state index in [0.717, 1.165) is 0 Å². The zero-order valence-corrected chi connectivity index (χ0v) is 10.1. The minimum absolute atomic E-state index is 0.286. The highest BCUT2D eigenvalue weighted by atomic mass is 16.5.